The summed E-state index contributed by atoms with van der Waals surface area (Å²) >= 11 is 0. The van der Waals surface area contributed by atoms with E-state index in [2.05, 4.69) is 35.7 Å². The molecular formula is C6H18O4P2. The SMILES string of the molecule is COP(=O)([O-])OC.C[P+](C)(C)C. The topological polar surface area (TPSA) is 58.6 Å². The molecule has 6 heteroatoms. The molecule has 0 amide bonds. The van der Waals surface area contributed by atoms with Gasteiger partial charge in [-0.3, -0.25) is 4.57 Å². The van der Waals surface area contributed by atoms with Gasteiger partial charge in [0.1, 0.15) is 0 Å². The lowest BCUT2D eigenvalue weighted by Gasteiger charge is -2.16. The van der Waals surface area contributed by atoms with Gasteiger partial charge in [-0.25, -0.2) is 0 Å². The highest BCUT2D eigenvalue weighted by Crippen LogP contribution is 2.40. The van der Waals surface area contributed by atoms with E-state index in [-0.39, 0.29) is 7.26 Å². The van der Waals surface area contributed by atoms with Gasteiger partial charge in [-0.05, 0) is 0 Å². The maximum absolute atomic E-state index is 9.95. The first-order valence-electron chi connectivity index (χ1n) is 3.34. The molecule has 0 unspecified atom stereocenters. The van der Waals surface area contributed by atoms with Gasteiger partial charge in [-0.1, -0.05) is 0 Å². The second kappa shape index (κ2) is 6.06. The monoisotopic (exact) mass is 216 g/mol. The van der Waals surface area contributed by atoms with Crippen LogP contribution in [0.25, 0.3) is 0 Å². The summed E-state index contributed by atoms with van der Waals surface area (Å²) < 4.78 is 17.7. The van der Waals surface area contributed by atoms with Crippen molar-refractivity contribution in [2.75, 3.05) is 40.9 Å². The quantitative estimate of drug-likeness (QED) is 0.652. The second-order valence-electron chi connectivity index (χ2n) is 3.50. The van der Waals surface area contributed by atoms with E-state index in [1.165, 1.54) is 0 Å². The first-order valence-corrected chi connectivity index (χ1v) is 8.37. The fraction of sp³-hybridized carbons (Fsp3) is 1.00. The van der Waals surface area contributed by atoms with Crippen LogP contribution in [0.2, 0.25) is 0 Å². The molecule has 4 nitrogen and oxygen atoms in total. The first-order chi connectivity index (χ1) is 5.12. The van der Waals surface area contributed by atoms with Crippen molar-refractivity contribution < 1.29 is 18.5 Å². The average Bonchev–Trinajstić information content (AvgIpc) is 1.85. The fourth-order valence-corrected chi connectivity index (χ4v) is 0.224. The van der Waals surface area contributed by atoms with Crippen LogP contribution in [0.3, 0.4) is 0 Å². The molecule has 0 aromatic rings. The van der Waals surface area contributed by atoms with Crippen molar-refractivity contribution in [3.8, 4) is 0 Å². The van der Waals surface area contributed by atoms with Gasteiger partial charge in [0, 0.05) is 48.1 Å². The van der Waals surface area contributed by atoms with E-state index in [0.717, 1.165) is 14.2 Å². The van der Waals surface area contributed by atoms with Crippen molar-refractivity contribution >= 4 is 15.1 Å². The van der Waals surface area contributed by atoms with Crippen LogP contribution in [0.4, 0.5) is 0 Å². The highest BCUT2D eigenvalue weighted by molar-refractivity contribution is 7.73. The Kier molecular flexibility index (Phi) is 7.60. The van der Waals surface area contributed by atoms with Crippen LogP contribution in [0.5, 0.6) is 0 Å². The third-order valence-corrected chi connectivity index (χ3v) is 1.34. The van der Waals surface area contributed by atoms with Crippen LogP contribution in [0, 0.1) is 0 Å². The molecule has 0 bridgehead atoms. The Morgan fingerprint density at radius 2 is 1.25 bits per heavy atom. The van der Waals surface area contributed by atoms with Crippen molar-refractivity contribution in [2.24, 2.45) is 0 Å². The van der Waals surface area contributed by atoms with Gasteiger partial charge in [0.2, 0.25) is 0 Å². The van der Waals surface area contributed by atoms with Gasteiger partial charge in [0.15, 0.2) is 0 Å². The van der Waals surface area contributed by atoms with Crippen molar-refractivity contribution in [2.45, 2.75) is 0 Å². The molecule has 0 aromatic carbocycles. The van der Waals surface area contributed by atoms with E-state index in [1.807, 2.05) is 0 Å². The molecule has 0 N–H and O–H groups in total. The molecule has 0 aliphatic rings. The van der Waals surface area contributed by atoms with E-state index in [1.54, 1.807) is 0 Å². The molecule has 0 saturated carbocycles. The molecule has 0 fully saturated rings. The highest BCUT2D eigenvalue weighted by atomic mass is 31.2. The fourth-order valence-electron chi connectivity index (χ4n) is 0.0745. The molecule has 0 heterocycles. The molecule has 0 spiro atoms. The molecule has 0 radical (unpaired) electrons. The highest BCUT2D eigenvalue weighted by Gasteiger charge is 2.03. The maximum atomic E-state index is 9.95. The van der Waals surface area contributed by atoms with Crippen LogP contribution >= 0.6 is 15.1 Å². The minimum Gasteiger partial charge on any atom is -0.756 e. The van der Waals surface area contributed by atoms with E-state index >= 15 is 0 Å². The largest absolute Gasteiger partial charge is 0.756 e. The number of phosphoric acid groups is 1. The van der Waals surface area contributed by atoms with Crippen molar-refractivity contribution in [1.82, 2.24) is 0 Å². The third kappa shape index (κ3) is 22.4. The Morgan fingerprint density at radius 3 is 1.25 bits per heavy atom. The summed E-state index contributed by atoms with van der Waals surface area (Å²) in [6.45, 7) is 9.19. The van der Waals surface area contributed by atoms with E-state index in [9.17, 15) is 9.46 Å². The molecule has 0 aliphatic carbocycles. The van der Waals surface area contributed by atoms with Gasteiger partial charge in [0.05, 0.1) is 0 Å². The third-order valence-electron chi connectivity index (χ3n) is 0.447. The lowest BCUT2D eigenvalue weighted by molar-refractivity contribution is -0.220. The zero-order chi connectivity index (χ0) is 10.4. The van der Waals surface area contributed by atoms with Gasteiger partial charge < -0.3 is 13.9 Å². The second-order valence-corrected chi connectivity index (χ2v) is 10.5. The van der Waals surface area contributed by atoms with E-state index in [0.29, 0.717) is 0 Å². The summed E-state index contributed by atoms with van der Waals surface area (Å²) in [5.41, 5.74) is 0. The summed E-state index contributed by atoms with van der Waals surface area (Å²) in [5.74, 6) is 0. The first kappa shape index (κ1) is 15.0. The number of rotatable bonds is 2. The molecular weight excluding hydrogens is 198 g/mol. The average molecular weight is 216 g/mol. The molecule has 12 heavy (non-hydrogen) atoms. The Morgan fingerprint density at radius 1 is 1.08 bits per heavy atom. The van der Waals surface area contributed by atoms with Gasteiger partial charge in [-0.2, -0.15) is 0 Å². The zero-order valence-electron chi connectivity index (χ0n) is 8.53. The van der Waals surface area contributed by atoms with E-state index < -0.39 is 7.82 Å². The lowest BCUT2D eigenvalue weighted by atomic mass is 11.8. The Balaban J connectivity index is 0. The van der Waals surface area contributed by atoms with Crippen LogP contribution in [-0.4, -0.2) is 40.9 Å². The zero-order valence-corrected chi connectivity index (χ0v) is 10.3. The van der Waals surface area contributed by atoms with Gasteiger partial charge in [0.25, 0.3) is 7.82 Å². The van der Waals surface area contributed by atoms with Crippen LogP contribution in [-0.2, 0) is 13.6 Å². The predicted molar refractivity (Wildman–Crippen MR) is 52.2 cm³/mol. The van der Waals surface area contributed by atoms with Gasteiger partial charge in [-0.15, -0.1) is 0 Å². The summed E-state index contributed by atoms with van der Waals surface area (Å²) in [6.07, 6.45) is 0. The van der Waals surface area contributed by atoms with Crippen molar-refractivity contribution in [3.05, 3.63) is 0 Å². The van der Waals surface area contributed by atoms with Crippen molar-refractivity contribution in [3.63, 3.8) is 0 Å². The minimum absolute atomic E-state index is 0.389. The van der Waals surface area contributed by atoms with Crippen LogP contribution in [0.1, 0.15) is 0 Å². The molecule has 0 saturated heterocycles. The number of phosphoric ester groups is 1. The summed E-state index contributed by atoms with van der Waals surface area (Å²) in [6, 6.07) is 0. The number of hydrogen-bond donors (Lipinski definition) is 0. The Bertz CT molecular complexity index is 138. The Hall–Kier alpha value is 0.540. The predicted octanol–water partition coefficient (Wildman–Crippen LogP) is 1.27. The molecule has 0 rings (SSSR count). The normalized spacial score (nSPS) is 11.9. The number of hydrogen-bond acceptors (Lipinski definition) is 4. The van der Waals surface area contributed by atoms with Crippen molar-refractivity contribution in [1.29, 1.82) is 0 Å². The summed E-state index contributed by atoms with van der Waals surface area (Å²) in [5, 5.41) is 0. The smallest absolute Gasteiger partial charge is 0.267 e. The van der Waals surface area contributed by atoms with Gasteiger partial charge >= 0.3 is 0 Å². The molecule has 0 atom stereocenters. The van der Waals surface area contributed by atoms with Crippen LogP contribution < -0.4 is 4.89 Å². The minimum atomic E-state index is -3.90. The molecule has 76 valence electrons. The maximum Gasteiger partial charge on any atom is 0.267 e. The van der Waals surface area contributed by atoms with Crippen LogP contribution in [0.15, 0.2) is 0 Å². The summed E-state index contributed by atoms with van der Waals surface area (Å²) in [4.78, 5) is 9.95. The summed E-state index contributed by atoms with van der Waals surface area (Å²) in [7, 11) is -2.22. The lowest BCUT2D eigenvalue weighted by Crippen LogP contribution is -2.02. The molecule has 0 aliphatic heterocycles. The van der Waals surface area contributed by atoms with E-state index in [4.69, 9.17) is 0 Å². The Labute approximate surface area is 75.2 Å². The molecule has 0 aromatic heterocycles. The standard InChI is InChI=1S/C4H12P.C2H7O4P/c1-5(2,3)4;1-5-7(3,4)6-2/h1-4H3;1-2H3,(H,3,4)/q+1;/p-1.